The van der Waals surface area contributed by atoms with E-state index in [1.165, 1.54) is 0 Å². The first-order valence-electron chi connectivity index (χ1n) is 3.64. The molecule has 0 aromatic carbocycles. The van der Waals surface area contributed by atoms with Crippen molar-refractivity contribution < 1.29 is 0 Å². The van der Waals surface area contributed by atoms with Crippen molar-refractivity contribution in [1.29, 1.82) is 5.26 Å². The predicted octanol–water partition coefficient (Wildman–Crippen LogP) is 1.15. The Morgan fingerprint density at radius 2 is 1.90 bits per heavy atom. The molecule has 1 N–H and O–H groups in total. The van der Waals surface area contributed by atoms with Crippen molar-refractivity contribution in [2.24, 2.45) is 10.8 Å². The van der Waals surface area contributed by atoms with E-state index in [1.807, 2.05) is 0 Å². The summed E-state index contributed by atoms with van der Waals surface area (Å²) in [6.07, 6.45) is 0. The topological polar surface area (TPSA) is 35.8 Å². The normalized spacial score (nSPS) is 23.0. The smallest absolute Gasteiger partial charge is 0.0869 e. The zero-order valence-electron chi connectivity index (χ0n) is 6.86. The van der Waals surface area contributed by atoms with Crippen molar-refractivity contribution in [3.05, 3.63) is 0 Å². The average Bonchev–Trinajstić information content (AvgIpc) is 1.58. The van der Waals surface area contributed by atoms with Crippen LogP contribution in [0.2, 0.25) is 0 Å². The largest absolute Gasteiger partial charge is 0.313 e. The van der Waals surface area contributed by atoms with Crippen LogP contribution in [0.15, 0.2) is 0 Å². The van der Waals surface area contributed by atoms with Gasteiger partial charge in [-0.3, -0.25) is 0 Å². The van der Waals surface area contributed by atoms with Crippen LogP contribution in [0, 0.1) is 22.2 Å². The van der Waals surface area contributed by atoms with Crippen molar-refractivity contribution in [1.82, 2.24) is 5.32 Å². The quantitative estimate of drug-likeness (QED) is 0.545. The Bertz CT molecular complexity index is 167. The average molecular weight is 138 g/mol. The first-order chi connectivity index (χ1) is 4.52. The fourth-order valence-corrected chi connectivity index (χ4v) is 1.15. The lowest BCUT2D eigenvalue weighted by Crippen LogP contribution is -2.59. The number of nitrogens with one attached hydrogen (secondary N) is 1. The highest BCUT2D eigenvalue weighted by Crippen LogP contribution is 2.40. The molecule has 10 heavy (non-hydrogen) atoms. The number of nitriles is 1. The highest BCUT2D eigenvalue weighted by Gasteiger charge is 2.47. The molecule has 56 valence electrons. The van der Waals surface area contributed by atoms with Gasteiger partial charge in [0, 0.05) is 13.1 Å². The molecule has 1 fully saturated rings. The van der Waals surface area contributed by atoms with E-state index in [-0.39, 0.29) is 10.8 Å². The minimum absolute atomic E-state index is 0.104. The Kier molecular flexibility index (Phi) is 1.48. The fraction of sp³-hybridized carbons (Fsp3) is 0.875. The van der Waals surface area contributed by atoms with Crippen molar-refractivity contribution in [2.75, 3.05) is 13.1 Å². The van der Waals surface area contributed by atoms with Gasteiger partial charge in [0.15, 0.2) is 0 Å². The molecular formula is C8H14N2. The maximum absolute atomic E-state index is 8.88. The third-order valence-corrected chi connectivity index (χ3v) is 2.50. The molecule has 0 aromatic heterocycles. The Labute approximate surface area is 62.2 Å². The maximum atomic E-state index is 8.88. The van der Waals surface area contributed by atoms with Crippen LogP contribution in [-0.2, 0) is 0 Å². The first-order valence-corrected chi connectivity index (χ1v) is 3.64. The molecule has 0 aromatic rings. The molecule has 2 nitrogen and oxygen atoms in total. The SMILES string of the molecule is CC(C)(C)C1(C#N)CNC1. The van der Waals surface area contributed by atoms with Gasteiger partial charge < -0.3 is 5.32 Å². The van der Waals surface area contributed by atoms with Gasteiger partial charge in [-0.1, -0.05) is 20.8 Å². The summed E-state index contributed by atoms with van der Waals surface area (Å²) in [5.41, 5.74) is 0.0139. The minimum atomic E-state index is -0.104. The van der Waals surface area contributed by atoms with Crippen LogP contribution in [-0.4, -0.2) is 13.1 Å². The summed E-state index contributed by atoms with van der Waals surface area (Å²) in [6, 6.07) is 2.39. The van der Waals surface area contributed by atoms with Crippen LogP contribution in [0.5, 0.6) is 0 Å². The van der Waals surface area contributed by atoms with Crippen molar-refractivity contribution in [3.8, 4) is 6.07 Å². The van der Waals surface area contributed by atoms with Crippen LogP contribution in [0.25, 0.3) is 0 Å². The molecule has 0 aliphatic carbocycles. The maximum Gasteiger partial charge on any atom is 0.0869 e. The van der Waals surface area contributed by atoms with Gasteiger partial charge >= 0.3 is 0 Å². The summed E-state index contributed by atoms with van der Waals surface area (Å²) in [5.74, 6) is 0. The third kappa shape index (κ3) is 0.819. The van der Waals surface area contributed by atoms with E-state index in [0.717, 1.165) is 13.1 Å². The van der Waals surface area contributed by atoms with Crippen LogP contribution in [0.1, 0.15) is 20.8 Å². The molecular weight excluding hydrogens is 124 g/mol. The van der Waals surface area contributed by atoms with E-state index < -0.39 is 0 Å². The van der Waals surface area contributed by atoms with Gasteiger partial charge in [-0.25, -0.2) is 0 Å². The van der Waals surface area contributed by atoms with Crippen LogP contribution < -0.4 is 5.32 Å². The molecule has 0 spiro atoms. The monoisotopic (exact) mass is 138 g/mol. The second-order valence-electron chi connectivity index (χ2n) is 4.05. The Balaban J connectivity index is 2.77. The molecule has 1 rings (SSSR count). The number of hydrogen-bond donors (Lipinski definition) is 1. The van der Waals surface area contributed by atoms with E-state index in [9.17, 15) is 0 Å². The van der Waals surface area contributed by atoms with E-state index in [2.05, 4.69) is 32.2 Å². The van der Waals surface area contributed by atoms with E-state index in [0.29, 0.717) is 0 Å². The molecule has 0 unspecified atom stereocenters. The van der Waals surface area contributed by atoms with Gasteiger partial charge in [-0.2, -0.15) is 5.26 Å². The predicted molar refractivity (Wildman–Crippen MR) is 40.4 cm³/mol. The standard InChI is InChI=1S/C8H14N2/c1-7(2,3)8(4-9)5-10-6-8/h10H,5-6H2,1-3H3. The van der Waals surface area contributed by atoms with Crippen LogP contribution in [0.3, 0.4) is 0 Å². The molecule has 0 saturated carbocycles. The molecule has 0 radical (unpaired) electrons. The Morgan fingerprint density at radius 3 is 1.90 bits per heavy atom. The van der Waals surface area contributed by atoms with Crippen LogP contribution >= 0.6 is 0 Å². The summed E-state index contributed by atoms with van der Waals surface area (Å²) in [5, 5.41) is 12.0. The summed E-state index contributed by atoms with van der Waals surface area (Å²) >= 11 is 0. The molecule has 2 heteroatoms. The van der Waals surface area contributed by atoms with Gasteiger partial charge in [0.2, 0.25) is 0 Å². The Morgan fingerprint density at radius 1 is 1.40 bits per heavy atom. The lowest BCUT2D eigenvalue weighted by molar-refractivity contribution is 0.0858. The molecule has 0 atom stereocenters. The highest BCUT2D eigenvalue weighted by molar-refractivity contribution is 5.13. The van der Waals surface area contributed by atoms with E-state index in [4.69, 9.17) is 5.26 Å². The lowest BCUT2D eigenvalue weighted by atomic mass is 9.64. The fourth-order valence-electron chi connectivity index (χ4n) is 1.15. The van der Waals surface area contributed by atoms with Crippen LogP contribution in [0.4, 0.5) is 0 Å². The number of hydrogen-bond acceptors (Lipinski definition) is 2. The zero-order valence-corrected chi connectivity index (χ0v) is 6.86. The van der Waals surface area contributed by atoms with Gasteiger partial charge in [0.05, 0.1) is 11.5 Å². The Hall–Kier alpha value is -0.550. The zero-order chi connectivity index (χ0) is 7.83. The first kappa shape index (κ1) is 7.56. The number of rotatable bonds is 0. The van der Waals surface area contributed by atoms with Gasteiger partial charge in [0.25, 0.3) is 0 Å². The molecule has 0 amide bonds. The van der Waals surface area contributed by atoms with Gasteiger partial charge in [-0.05, 0) is 5.41 Å². The molecule has 0 bridgehead atoms. The lowest BCUT2D eigenvalue weighted by Gasteiger charge is -2.46. The van der Waals surface area contributed by atoms with Crippen molar-refractivity contribution >= 4 is 0 Å². The molecule has 1 aliphatic heterocycles. The summed E-state index contributed by atoms with van der Waals surface area (Å²) in [4.78, 5) is 0. The summed E-state index contributed by atoms with van der Waals surface area (Å²) in [7, 11) is 0. The molecule has 1 saturated heterocycles. The second kappa shape index (κ2) is 1.96. The molecule has 1 heterocycles. The van der Waals surface area contributed by atoms with Crippen molar-refractivity contribution in [2.45, 2.75) is 20.8 Å². The summed E-state index contributed by atoms with van der Waals surface area (Å²) in [6.45, 7) is 8.07. The number of nitrogens with zero attached hydrogens (tertiary/aromatic N) is 1. The van der Waals surface area contributed by atoms with E-state index in [1.54, 1.807) is 0 Å². The highest BCUT2D eigenvalue weighted by atomic mass is 15.0. The molecule has 1 aliphatic rings. The van der Waals surface area contributed by atoms with Gasteiger partial charge in [0.1, 0.15) is 0 Å². The van der Waals surface area contributed by atoms with Gasteiger partial charge in [-0.15, -0.1) is 0 Å². The van der Waals surface area contributed by atoms with Crippen molar-refractivity contribution in [3.63, 3.8) is 0 Å². The second-order valence-corrected chi connectivity index (χ2v) is 4.05. The third-order valence-electron chi connectivity index (χ3n) is 2.50. The summed E-state index contributed by atoms with van der Waals surface area (Å²) < 4.78 is 0. The minimum Gasteiger partial charge on any atom is -0.313 e. The van der Waals surface area contributed by atoms with E-state index >= 15 is 0 Å².